The molecule has 1 rings (SSSR count). The first-order valence-electron chi connectivity index (χ1n) is 6.24. The summed E-state index contributed by atoms with van der Waals surface area (Å²) < 4.78 is 15.3. The minimum atomic E-state index is -1.39. The number of esters is 1. The maximum absolute atomic E-state index is 11.1. The highest BCUT2D eigenvalue weighted by atomic mass is 16.6. The van der Waals surface area contributed by atoms with Crippen LogP contribution < -0.4 is 0 Å². The second-order valence-electron chi connectivity index (χ2n) is 4.64. The number of carbonyl (C=O) groups excluding carboxylic acids is 1. The molecule has 0 saturated carbocycles. The molecule has 6 nitrogen and oxygen atoms in total. The summed E-state index contributed by atoms with van der Waals surface area (Å²) >= 11 is 0. The van der Waals surface area contributed by atoms with E-state index < -0.39 is 11.9 Å². The molecule has 0 amide bonds. The average molecular weight is 262 g/mol. The quantitative estimate of drug-likeness (QED) is 0.504. The zero-order valence-electron chi connectivity index (χ0n) is 10.9. The van der Waals surface area contributed by atoms with E-state index in [4.69, 9.17) is 14.2 Å². The van der Waals surface area contributed by atoms with Crippen molar-refractivity contribution in [2.75, 3.05) is 19.8 Å². The molecular formula is C12H22O6. The van der Waals surface area contributed by atoms with Gasteiger partial charge in [-0.2, -0.15) is 0 Å². The van der Waals surface area contributed by atoms with Crippen molar-refractivity contribution < 1.29 is 29.2 Å². The molecule has 0 aromatic rings. The lowest BCUT2D eigenvalue weighted by Crippen LogP contribution is -2.33. The lowest BCUT2D eigenvalue weighted by molar-refractivity contribution is -0.209. The molecule has 1 unspecified atom stereocenters. The van der Waals surface area contributed by atoms with Crippen molar-refractivity contribution in [2.24, 2.45) is 0 Å². The van der Waals surface area contributed by atoms with E-state index in [9.17, 15) is 15.0 Å². The van der Waals surface area contributed by atoms with Crippen molar-refractivity contribution in [2.45, 2.75) is 51.1 Å². The van der Waals surface area contributed by atoms with Gasteiger partial charge in [0.25, 0.3) is 0 Å². The predicted octanol–water partition coefficient (Wildman–Crippen LogP) is 0.205. The van der Waals surface area contributed by atoms with Crippen LogP contribution in [-0.2, 0) is 19.0 Å². The van der Waals surface area contributed by atoms with Crippen molar-refractivity contribution in [3.63, 3.8) is 0 Å². The van der Waals surface area contributed by atoms with E-state index in [-0.39, 0.29) is 31.5 Å². The number of hydrogen-bond acceptors (Lipinski definition) is 6. The zero-order valence-corrected chi connectivity index (χ0v) is 10.9. The van der Waals surface area contributed by atoms with Crippen LogP contribution in [0, 0.1) is 0 Å². The van der Waals surface area contributed by atoms with Gasteiger partial charge >= 0.3 is 5.97 Å². The SMILES string of the molecule is CCOC(=O)CC[C@@](C)(O)OC[C@H]1CC(O)CO1. The Morgan fingerprint density at radius 3 is 2.83 bits per heavy atom. The van der Waals surface area contributed by atoms with Crippen LogP contribution in [0.4, 0.5) is 0 Å². The van der Waals surface area contributed by atoms with Gasteiger partial charge in [-0.1, -0.05) is 0 Å². The molecular weight excluding hydrogens is 240 g/mol. The lowest BCUT2D eigenvalue weighted by atomic mass is 10.1. The number of aliphatic hydroxyl groups is 2. The Bertz CT molecular complexity index is 265. The highest BCUT2D eigenvalue weighted by Gasteiger charge is 2.28. The summed E-state index contributed by atoms with van der Waals surface area (Å²) in [7, 11) is 0. The highest BCUT2D eigenvalue weighted by molar-refractivity contribution is 5.69. The molecule has 0 aromatic carbocycles. The molecule has 0 aromatic heterocycles. The van der Waals surface area contributed by atoms with E-state index >= 15 is 0 Å². The van der Waals surface area contributed by atoms with Gasteiger partial charge in [0.1, 0.15) is 0 Å². The Kier molecular flexibility index (Phi) is 6.01. The Labute approximate surface area is 107 Å². The first kappa shape index (κ1) is 15.4. The number of rotatable bonds is 7. The van der Waals surface area contributed by atoms with Crippen LogP contribution in [0.2, 0.25) is 0 Å². The predicted molar refractivity (Wildman–Crippen MR) is 62.8 cm³/mol. The van der Waals surface area contributed by atoms with E-state index in [2.05, 4.69) is 0 Å². The molecule has 1 heterocycles. The van der Waals surface area contributed by atoms with Gasteiger partial charge < -0.3 is 24.4 Å². The standard InChI is InChI=1S/C12H22O6/c1-3-16-11(14)4-5-12(2,15)18-8-10-6-9(13)7-17-10/h9-10,13,15H,3-8H2,1-2H3/t9?,10-,12+/m1/s1. The van der Waals surface area contributed by atoms with Crippen molar-refractivity contribution in [3.05, 3.63) is 0 Å². The van der Waals surface area contributed by atoms with Gasteiger partial charge in [0.05, 0.1) is 38.4 Å². The van der Waals surface area contributed by atoms with Crippen LogP contribution in [0.3, 0.4) is 0 Å². The summed E-state index contributed by atoms with van der Waals surface area (Å²) in [5.74, 6) is -1.74. The van der Waals surface area contributed by atoms with Crippen molar-refractivity contribution in [3.8, 4) is 0 Å². The van der Waals surface area contributed by atoms with Gasteiger partial charge in [-0.25, -0.2) is 0 Å². The largest absolute Gasteiger partial charge is 0.466 e. The third-order valence-electron chi connectivity index (χ3n) is 2.74. The van der Waals surface area contributed by atoms with E-state index in [1.807, 2.05) is 0 Å². The Morgan fingerprint density at radius 1 is 1.56 bits per heavy atom. The minimum Gasteiger partial charge on any atom is -0.466 e. The Morgan fingerprint density at radius 2 is 2.28 bits per heavy atom. The normalized spacial score (nSPS) is 26.9. The van der Waals surface area contributed by atoms with Gasteiger partial charge in [-0.05, 0) is 13.8 Å². The molecule has 0 spiro atoms. The van der Waals surface area contributed by atoms with E-state index in [1.165, 1.54) is 6.92 Å². The molecule has 2 N–H and O–H groups in total. The summed E-state index contributed by atoms with van der Waals surface area (Å²) in [4.78, 5) is 11.1. The van der Waals surface area contributed by atoms with Crippen LogP contribution in [0.5, 0.6) is 0 Å². The van der Waals surface area contributed by atoms with Gasteiger partial charge in [-0.15, -0.1) is 0 Å². The first-order chi connectivity index (χ1) is 8.43. The Hall–Kier alpha value is -0.690. The molecule has 0 aliphatic carbocycles. The first-order valence-corrected chi connectivity index (χ1v) is 6.24. The fraction of sp³-hybridized carbons (Fsp3) is 0.917. The minimum absolute atomic E-state index is 0.106. The van der Waals surface area contributed by atoms with E-state index in [0.29, 0.717) is 19.6 Å². The maximum Gasteiger partial charge on any atom is 0.305 e. The van der Waals surface area contributed by atoms with Crippen molar-refractivity contribution in [1.82, 2.24) is 0 Å². The monoisotopic (exact) mass is 262 g/mol. The second kappa shape index (κ2) is 7.04. The number of aliphatic hydroxyl groups excluding tert-OH is 1. The maximum atomic E-state index is 11.1. The van der Waals surface area contributed by atoms with E-state index in [1.54, 1.807) is 6.92 Å². The Balaban J connectivity index is 2.20. The van der Waals surface area contributed by atoms with Gasteiger partial charge in [-0.3, -0.25) is 4.79 Å². The van der Waals surface area contributed by atoms with Gasteiger partial charge in [0.15, 0.2) is 5.79 Å². The summed E-state index contributed by atoms with van der Waals surface area (Å²) in [5, 5.41) is 19.2. The molecule has 6 heteroatoms. The fourth-order valence-electron chi connectivity index (χ4n) is 1.71. The highest BCUT2D eigenvalue weighted by Crippen LogP contribution is 2.19. The summed E-state index contributed by atoms with van der Waals surface area (Å²) in [6, 6.07) is 0. The topological polar surface area (TPSA) is 85.2 Å². The smallest absolute Gasteiger partial charge is 0.305 e. The third kappa shape index (κ3) is 5.77. The van der Waals surface area contributed by atoms with Crippen LogP contribution in [0.25, 0.3) is 0 Å². The average Bonchev–Trinajstić information content (AvgIpc) is 2.71. The summed E-state index contributed by atoms with van der Waals surface area (Å²) in [6.45, 7) is 4.06. The fourth-order valence-corrected chi connectivity index (χ4v) is 1.71. The van der Waals surface area contributed by atoms with Crippen LogP contribution in [0.1, 0.15) is 33.1 Å². The molecule has 1 aliphatic heterocycles. The molecule has 0 bridgehead atoms. The van der Waals surface area contributed by atoms with E-state index in [0.717, 1.165) is 0 Å². The zero-order chi connectivity index (χ0) is 13.6. The molecule has 0 radical (unpaired) electrons. The molecule has 3 atom stereocenters. The molecule has 18 heavy (non-hydrogen) atoms. The third-order valence-corrected chi connectivity index (χ3v) is 2.74. The van der Waals surface area contributed by atoms with Gasteiger partial charge in [0, 0.05) is 12.8 Å². The molecule has 1 saturated heterocycles. The van der Waals surface area contributed by atoms with Crippen LogP contribution in [-0.4, -0.2) is 54.0 Å². The van der Waals surface area contributed by atoms with Crippen LogP contribution >= 0.6 is 0 Å². The summed E-state index contributed by atoms with van der Waals surface area (Å²) in [6.07, 6.45) is 0.126. The van der Waals surface area contributed by atoms with Crippen molar-refractivity contribution in [1.29, 1.82) is 0 Å². The number of carbonyl (C=O) groups is 1. The molecule has 1 aliphatic rings. The number of ether oxygens (including phenoxy) is 3. The van der Waals surface area contributed by atoms with Gasteiger partial charge in [0.2, 0.25) is 0 Å². The molecule has 1 fully saturated rings. The number of hydrogen-bond donors (Lipinski definition) is 2. The van der Waals surface area contributed by atoms with Crippen molar-refractivity contribution >= 4 is 5.97 Å². The summed E-state index contributed by atoms with van der Waals surface area (Å²) in [5.41, 5.74) is 0. The van der Waals surface area contributed by atoms with Crippen LogP contribution in [0.15, 0.2) is 0 Å². The lowest BCUT2D eigenvalue weighted by Gasteiger charge is -2.25. The second-order valence-corrected chi connectivity index (χ2v) is 4.64. The molecule has 106 valence electrons.